The van der Waals surface area contributed by atoms with Crippen molar-refractivity contribution in [2.75, 3.05) is 0 Å². The second-order valence-electron chi connectivity index (χ2n) is 2.97. The van der Waals surface area contributed by atoms with Crippen molar-refractivity contribution in [3.05, 3.63) is 30.1 Å². The molecule has 0 aliphatic carbocycles. The van der Waals surface area contributed by atoms with E-state index in [0.29, 0.717) is 0 Å². The summed E-state index contributed by atoms with van der Waals surface area (Å²) < 4.78 is -0.252. The van der Waals surface area contributed by atoms with Crippen LogP contribution < -0.4 is 0 Å². The summed E-state index contributed by atoms with van der Waals surface area (Å²) in [6.45, 7) is 2.00. The molecule has 2 rings (SSSR count). The third-order valence-electron chi connectivity index (χ3n) is 1.71. The van der Waals surface area contributed by atoms with Crippen LogP contribution in [0.5, 0.6) is 0 Å². The first-order chi connectivity index (χ1) is 6.17. The van der Waals surface area contributed by atoms with Crippen LogP contribution in [0.2, 0.25) is 0 Å². The molecule has 4 heteroatoms. The Morgan fingerprint density at radius 1 is 1.46 bits per heavy atom. The third-order valence-corrected chi connectivity index (χ3v) is 2.29. The molecular weight excluding hydrogens is 277 g/mol. The monoisotopic (exact) mass is 285 g/mol. The van der Waals surface area contributed by atoms with Crippen LogP contribution in [0.1, 0.15) is 12.6 Å². The number of azo groups is 1. The molecule has 0 radical (unpaired) electrons. The van der Waals surface area contributed by atoms with Crippen molar-refractivity contribution in [2.24, 2.45) is 10.2 Å². The second-order valence-corrected chi connectivity index (χ2v) is 5.15. The molecule has 2 heterocycles. The lowest BCUT2D eigenvalue weighted by Crippen LogP contribution is -2.04. The highest BCUT2D eigenvalue weighted by Crippen LogP contribution is 2.30. The summed E-state index contributed by atoms with van der Waals surface area (Å²) in [5, 5.41) is 8.31. The van der Waals surface area contributed by atoms with E-state index < -0.39 is 0 Å². The molecule has 0 aromatic carbocycles. The molecule has 1 aromatic heterocycles. The number of alkyl halides is 1. The van der Waals surface area contributed by atoms with Crippen molar-refractivity contribution in [1.29, 1.82) is 0 Å². The quantitative estimate of drug-likeness (QED) is 0.409. The van der Waals surface area contributed by atoms with Gasteiger partial charge in [0.1, 0.15) is 9.23 Å². The van der Waals surface area contributed by atoms with E-state index >= 15 is 0 Å². The molecule has 1 unspecified atom stereocenters. The van der Waals surface area contributed by atoms with E-state index in [-0.39, 0.29) is 3.55 Å². The topological polar surface area (TPSA) is 37.6 Å². The average molecular weight is 285 g/mol. The highest BCUT2D eigenvalue weighted by molar-refractivity contribution is 14.1. The van der Waals surface area contributed by atoms with Crippen molar-refractivity contribution in [2.45, 2.75) is 10.5 Å². The smallest absolute Gasteiger partial charge is 0.148 e. The van der Waals surface area contributed by atoms with Gasteiger partial charge in [0.05, 0.1) is 5.69 Å². The van der Waals surface area contributed by atoms with Crippen LogP contribution in [0.4, 0.5) is 5.69 Å². The molecule has 0 N–H and O–H groups in total. The molecular formula is C9H8IN3. The van der Waals surface area contributed by atoms with Crippen LogP contribution in [-0.2, 0) is 0 Å². The standard InChI is InChI=1S/C9H8IN3/c1-9(10)5-4-7-8(12-13-9)3-2-6-11-7/h2-6H,1H3. The van der Waals surface area contributed by atoms with Crippen LogP contribution in [0, 0.1) is 0 Å². The fourth-order valence-corrected chi connectivity index (χ4v) is 1.33. The first-order valence-corrected chi connectivity index (χ1v) is 5.01. The Bertz CT molecular complexity index is 347. The number of aromatic nitrogens is 1. The highest BCUT2D eigenvalue weighted by atomic mass is 127. The molecule has 0 saturated heterocycles. The Hall–Kier alpha value is -0.780. The Labute approximate surface area is 90.1 Å². The molecule has 0 spiro atoms. The van der Waals surface area contributed by atoms with Crippen molar-refractivity contribution >= 4 is 34.4 Å². The molecule has 1 aromatic rings. The molecule has 1 atom stereocenters. The van der Waals surface area contributed by atoms with Gasteiger partial charge in [-0.25, -0.2) is 0 Å². The van der Waals surface area contributed by atoms with Crippen LogP contribution in [0.15, 0.2) is 34.6 Å². The van der Waals surface area contributed by atoms with E-state index in [0.717, 1.165) is 11.4 Å². The van der Waals surface area contributed by atoms with E-state index in [1.165, 1.54) is 0 Å². The normalized spacial score (nSPS) is 25.4. The van der Waals surface area contributed by atoms with Gasteiger partial charge in [0.15, 0.2) is 0 Å². The molecule has 13 heavy (non-hydrogen) atoms. The summed E-state index contributed by atoms with van der Waals surface area (Å²) in [4.78, 5) is 4.20. The number of rotatable bonds is 0. The lowest BCUT2D eigenvalue weighted by molar-refractivity contribution is 0.830. The molecule has 0 fully saturated rings. The summed E-state index contributed by atoms with van der Waals surface area (Å²) >= 11 is 2.24. The van der Waals surface area contributed by atoms with Gasteiger partial charge in [0, 0.05) is 6.20 Å². The van der Waals surface area contributed by atoms with Gasteiger partial charge >= 0.3 is 0 Å². The number of halogens is 1. The highest BCUT2D eigenvalue weighted by Gasteiger charge is 2.17. The van der Waals surface area contributed by atoms with E-state index in [1.807, 2.05) is 31.2 Å². The van der Waals surface area contributed by atoms with Gasteiger partial charge in [0.2, 0.25) is 0 Å². The largest absolute Gasteiger partial charge is 0.255 e. The van der Waals surface area contributed by atoms with Gasteiger partial charge < -0.3 is 0 Å². The molecule has 1 aliphatic heterocycles. The van der Waals surface area contributed by atoms with Gasteiger partial charge in [-0.1, -0.05) is 0 Å². The molecule has 1 aliphatic rings. The van der Waals surface area contributed by atoms with Gasteiger partial charge in [-0.3, -0.25) is 4.98 Å². The van der Waals surface area contributed by atoms with Gasteiger partial charge in [-0.2, -0.15) is 10.2 Å². The van der Waals surface area contributed by atoms with E-state index in [4.69, 9.17) is 0 Å². The fraction of sp³-hybridized carbons (Fsp3) is 0.222. The third kappa shape index (κ3) is 1.93. The van der Waals surface area contributed by atoms with Crippen molar-refractivity contribution in [3.8, 4) is 0 Å². The maximum atomic E-state index is 4.20. The number of pyridine rings is 1. The number of fused-ring (bicyclic) bond motifs is 1. The minimum atomic E-state index is -0.252. The Balaban J connectivity index is 2.53. The predicted octanol–water partition coefficient (Wildman–Crippen LogP) is 3.34. The van der Waals surface area contributed by atoms with Crippen molar-refractivity contribution < 1.29 is 0 Å². The summed E-state index contributed by atoms with van der Waals surface area (Å²) in [6, 6.07) is 3.77. The van der Waals surface area contributed by atoms with E-state index in [2.05, 4.69) is 37.8 Å². The molecule has 0 saturated carbocycles. The summed E-state index contributed by atoms with van der Waals surface area (Å²) in [5.74, 6) is 0. The minimum Gasteiger partial charge on any atom is -0.255 e. The summed E-state index contributed by atoms with van der Waals surface area (Å²) in [7, 11) is 0. The van der Waals surface area contributed by atoms with Gasteiger partial charge in [-0.05, 0) is 53.8 Å². The summed E-state index contributed by atoms with van der Waals surface area (Å²) in [5.41, 5.74) is 1.71. The first-order valence-electron chi connectivity index (χ1n) is 3.93. The molecule has 66 valence electrons. The predicted molar refractivity (Wildman–Crippen MR) is 60.2 cm³/mol. The zero-order chi connectivity index (χ0) is 9.31. The maximum Gasteiger partial charge on any atom is 0.148 e. The minimum absolute atomic E-state index is 0.252. The van der Waals surface area contributed by atoms with E-state index in [1.54, 1.807) is 6.20 Å². The van der Waals surface area contributed by atoms with Crippen LogP contribution in [-0.4, -0.2) is 8.53 Å². The van der Waals surface area contributed by atoms with Gasteiger partial charge in [0.25, 0.3) is 0 Å². The Morgan fingerprint density at radius 3 is 3.15 bits per heavy atom. The summed E-state index contributed by atoms with van der Waals surface area (Å²) in [6.07, 6.45) is 5.71. The number of hydrogen-bond donors (Lipinski definition) is 0. The molecule has 0 bridgehead atoms. The maximum absolute atomic E-state index is 4.20. The fourth-order valence-electron chi connectivity index (χ4n) is 1.04. The zero-order valence-corrected chi connectivity index (χ0v) is 9.26. The van der Waals surface area contributed by atoms with E-state index in [9.17, 15) is 0 Å². The van der Waals surface area contributed by atoms with Crippen molar-refractivity contribution in [3.63, 3.8) is 0 Å². The Kier molecular flexibility index (Phi) is 2.15. The van der Waals surface area contributed by atoms with Gasteiger partial charge in [-0.15, -0.1) is 0 Å². The number of nitrogens with zero attached hydrogens (tertiary/aromatic N) is 3. The lowest BCUT2D eigenvalue weighted by atomic mass is 10.2. The molecule has 0 amide bonds. The average Bonchev–Trinajstić information content (AvgIpc) is 2.27. The van der Waals surface area contributed by atoms with Crippen LogP contribution in [0.25, 0.3) is 6.08 Å². The SMILES string of the molecule is CC1(I)C=Cc2ncccc2N=N1. The molecule has 3 nitrogen and oxygen atoms in total. The Morgan fingerprint density at radius 2 is 2.31 bits per heavy atom. The second kappa shape index (κ2) is 3.17. The number of hydrogen-bond acceptors (Lipinski definition) is 3. The van der Waals surface area contributed by atoms with Crippen LogP contribution >= 0.6 is 22.6 Å². The zero-order valence-electron chi connectivity index (χ0n) is 7.11. The van der Waals surface area contributed by atoms with Crippen molar-refractivity contribution in [1.82, 2.24) is 4.98 Å². The van der Waals surface area contributed by atoms with Crippen LogP contribution in [0.3, 0.4) is 0 Å². The first kappa shape index (κ1) is 8.80. The lowest BCUT2D eigenvalue weighted by Gasteiger charge is -2.06.